The Labute approximate surface area is 135 Å². The summed E-state index contributed by atoms with van der Waals surface area (Å²) in [6.07, 6.45) is 1.65. The van der Waals surface area contributed by atoms with Gasteiger partial charge in [-0.3, -0.25) is 4.40 Å². The normalized spacial score (nSPS) is 11.4. The second-order valence-electron chi connectivity index (χ2n) is 4.81. The van der Waals surface area contributed by atoms with E-state index in [4.69, 9.17) is 11.6 Å². The minimum absolute atomic E-state index is 0.0653. The first-order valence-electron chi connectivity index (χ1n) is 6.58. The highest BCUT2D eigenvalue weighted by Gasteiger charge is 2.19. The smallest absolute Gasteiger partial charge is 0.358 e. The van der Waals surface area contributed by atoms with Crippen LogP contribution in [0.5, 0.6) is 5.75 Å². The molecule has 2 heterocycles. The predicted molar refractivity (Wildman–Crippen MR) is 84.2 cm³/mol. The van der Waals surface area contributed by atoms with Crippen molar-refractivity contribution in [3.8, 4) is 5.75 Å². The van der Waals surface area contributed by atoms with Gasteiger partial charge in [-0.25, -0.2) is 9.78 Å². The number of aryl methyl sites for hydroxylation is 1. The molecule has 0 saturated heterocycles. The third-order valence-corrected chi connectivity index (χ3v) is 3.45. The van der Waals surface area contributed by atoms with Crippen LogP contribution in [0.15, 0.2) is 46.8 Å². The largest absolute Gasteiger partial charge is 0.506 e. The number of carbonyl (C=O) groups is 1. The SMILES string of the molecule is Cc1cccn2c(N=Nc3cc(Cl)ccc3O)c(C(=O)O)nc12. The molecule has 8 heteroatoms. The summed E-state index contributed by atoms with van der Waals surface area (Å²) in [5, 5.41) is 27.3. The van der Waals surface area contributed by atoms with Gasteiger partial charge in [-0.05, 0) is 36.8 Å². The van der Waals surface area contributed by atoms with Crippen molar-refractivity contribution in [2.45, 2.75) is 6.92 Å². The maximum absolute atomic E-state index is 11.4. The molecule has 1 aromatic carbocycles. The van der Waals surface area contributed by atoms with Crippen molar-refractivity contribution in [2.75, 3.05) is 0 Å². The molecule has 3 aromatic rings. The van der Waals surface area contributed by atoms with E-state index in [1.807, 2.05) is 13.0 Å². The fraction of sp³-hybridized carbons (Fsp3) is 0.0667. The second-order valence-corrected chi connectivity index (χ2v) is 5.24. The molecule has 7 nitrogen and oxygen atoms in total. The van der Waals surface area contributed by atoms with Crippen molar-refractivity contribution in [1.29, 1.82) is 0 Å². The Hall–Kier alpha value is -2.93. The molecule has 23 heavy (non-hydrogen) atoms. The van der Waals surface area contributed by atoms with Gasteiger partial charge in [0.2, 0.25) is 0 Å². The molecule has 0 unspecified atom stereocenters. The van der Waals surface area contributed by atoms with Gasteiger partial charge < -0.3 is 10.2 Å². The summed E-state index contributed by atoms with van der Waals surface area (Å²) in [5.41, 5.74) is 1.21. The van der Waals surface area contributed by atoms with Gasteiger partial charge in [-0.1, -0.05) is 17.7 Å². The number of halogens is 1. The van der Waals surface area contributed by atoms with Crippen LogP contribution in [-0.2, 0) is 0 Å². The molecule has 0 aliphatic heterocycles. The van der Waals surface area contributed by atoms with Crippen molar-refractivity contribution < 1.29 is 15.0 Å². The highest BCUT2D eigenvalue weighted by Crippen LogP contribution is 2.32. The van der Waals surface area contributed by atoms with Crippen LogP contribution < -0.4 is 0 Å². The van der Waals surface area contributed by atoms with Crippen LogP contribution in [0, 0.1) is 6.92 Å². The Morgan fingerprint density at radius 1 is 1.30 bits per heavy atom. The molecule has 0 atom stereocenters. The van der Waals surface area contributed by atoms with Gasteiger partial charge in [0, 0.05) is 11.2 Å². The van der Waals surface area contributed by atoms with E-state index in [0.29, 0.717) is 10.7 Å². The fourth-order valence-electron chi connectivity index (χ4n) is 2.11. The number of hydrogen-bond donors (Lipinski definition) is 2. The minimum Gasteiger partial charge on any atom is -0.506 e. The third-order valence-electron chi connectivity index (χ3n) is 3.21. The molecular weight excluding hydrogens is 320 g/mol. The first kappa shape index (κ1) is 15.0. The van der Waals surface area contributed by atoms with Crippen LogP contribution in [0.25, 0.3) is 5.65 Å². The number of imidazole rings is 1. The average Bonchev–Trinajstić information content (AvgIpc) is 2.89. The van der Waals surface area contributed by atoms with Gasteiger partial charge in [0.1, 0.15) is 17.1 Å². The number of nitrogens with zero attached hydrogens (tertiary/aromatic N) is 4. The molecule has 0 aliphatic carbocycles. The molecular formula is C15H11ClN4O3. The number of rotatable bonds is 3. The first-order valence-corrected chi connectivity index (χ1v) is 6.96. The minimum atomic E-state index is -1.21. The maximum atomic E-state index is 11.4. The summed E-state index contributed by atoms with van der Waals surface area (Å²) in [4.78, 5) is 15.5. The van der Waals surface area contributed by atoms with Gasteiger partial charge in [0.05, 0.1) is 0 Å². The number of fused-ring (bicyclic) bond motifs is 1. The second kappa shape index (κ2) is 5.69. The number of pyridine rings is 1. The van der Waals surface area contributed by atoms with Crippen LogP contribution in [0.2, 0.25) is 5.02 Å². The number of benzene rings is 1. The molecule has 0 bridgehead atoms. The summed E-state index contributed by atoms with van der Waals surface area (Å²) in [5.74, 6) is -1.26. The molecule has 3 rings (SSSR count). The molecule has 2 N–H and O–H groups in total. The van der Waals surface area contributed by atoms with Gasteiger partial charge in [-0.2, -0.15) is 0 Å². The molecule has 0 spiro atoms. The fourth-order valence-corrected chi connectivity index (χ4v) is 2.27. The van der Waals surface area contributed by atoms with E-state index in [1.54, 1.807) is 12.3 Å². The number of azo groups is 1. The lowest BCUT2D eigenvalue weighted by molar-refractivity contribution is 0.0692. The average molecular weight is 331 g/mol. The molecule has 116 valence electrons. The van der Waals surface area contributed by atoms with Crippen LogP contribution in [-0.4, -0.2) is 25.6 Å². The number of aromatic nitrogens is 2. The number of hydrogen-bond acceptors (Lipinski definition) is 5. The molecule has 2 aromatic heterocycles. The summed E-state index contributed by atoms with van der Waals surface area (Å²) in [7, 11) is 0. The zero-order valence-electron chi connectivity index (χ0n) is 11.9. The van der Waals surface area contributed by atoms with Gasteiger partial charge in [0.15, 0.2) is 11.5 Å². The number of aromatic carboxylic acids is 1. The van der Waals surface area contributed by atoms with Crippen molar-refractivity contribution in [3.05, 3.63) is 52.8 Å². The van der Waals surface area contributed by atoms with Crippen LogP contribution >= 0.6 is 11.6 Å². The molecule has 0 saturated carbocycles. The van der Waals surface area contributed by atoms with E-state index in [0.717, 1.165) is 5.56 Å². The van der Waals surface area contributed by atoms with E-state index in [2.05, 4.69) is 15.2 Å². The zero-order chi connectivity index (χ0) is 16.6. The quantitative estimate of drug-likeness (QED) is 0.705. The number of phenolic OH excluding ortho intramolecular Hbond substituents is 1. The highest BCUT2D eigenvalue weighted by molar-refractivity contribution is 6.30. The summed E-state index contributed by atoms with van der Waals surface area (Å²) >= 11 is 5.85. The van der Waals surface area contributed by atoms with Crippen LogP contribution in [0.1, 0.15) is 16.1 Å². The Bertz CT molecular complexity index is 949. The standard InChI is InChI=1S/C15H11ClN4O3/c1-8-3-2-6-20-13(8)17-12(15(22)23)14(20)19-18-10-7-9(16)4-5-11(10)21/h2-7,21H,1H3,(H,22,23). The summed E-state index contributed by atoms with van der Waals surface area (Å²) in [6, 6.07) is 7.89. The molecule has 0 aliphatic rings. The number of phenols is 1. The molecule has 0 radical (unpaired) electrons. The number of aromatic hydroxyl groups is 1. The number of carboxylic acid groups (broad SMARTS) is 1. The van der Waals surface area contributed by atoms with Crippen LogP contribution in [0.3, 0.4) is 0 Å². The van der Waals surface area contributed by atoms with E-state index < -0.39 is 5.97 Å². The lowest BCUT2D eigenvalue weighted by atomic mass is 10.3. The van der Waals surface area contributed by atoms with Crippen molar-refractivity contribution >= 4 is 34.7 Å². The van der Waals surface area contributed by atoms with E-state index in [9.17, 15) is 15.0 Å². The zero-order valence-corrected chi connectivity index (χ0v) is 12.7. The van der Waals surface area contributed by atoms with Crippen molar-refractivity contribution in [3.63, 3.8) is 0 Å². The Morgan fingerprint density at radius 3 is 2.83 bits per heavy atom. The third kappa shape index (κ3) is 2.74. The Balaban J connectivity index is 2.17. The van der Waals surface area contributed by atoms with Crippen molar-refractivity contribution in [2.24, 2.45) is 10.2 Å². The van der Waals surface area contributed by atoms with Crippen molar-refractivity contribution in [1.82, 2.24) is 9.38 Å². The van der Waals surface area contributed by atoms with Gasteiger partial charge >= 0.3 is 5.97 Å². The summed E-state index contributed by atoms with van der Waals surface area (Å²) < 4.78 is 1.53. The molecule has 0 amide bonds. The lowest BCUT2D eigenvalue weighted by Gasteiger charge is -2.00. The van der Waals surface area contributed by atoms with Crippen LogP contribution in [0.4, 0.5) is 11.5 Å². The number of carboxylic acids is 1. The van der Waals surface area contributed by atoms with Gasteiger partial charge in [-0.15, -0.1) is 10.2 Å². The highest BCUT2D eigenvalue weighted by atomic mass is 35.5. The maximum Gasteiger partial charge on any atom is 0.358 e. The lowest BCUT2D eigenvalue weighted by Crippen LogP contribution is -1.96. The summed E-state index contributed by atoms with van der Waals surface area (Å²) in [6.45, 7) is 1.82. The van der Waals surface area contributed by atoms with E-state index >= 15 is 0 Å². The Kier molecular flexibility index (Phi) is 3.71. The molecule has 0 fully saturated rings. The predicted octanol–water partition coefficient (Wildman–Crippen LogP) is 4.12. The van der Waals surface area contributed by atoms with E-state index in [1.165, 1.54) is 22.6 Å². The van der Waals surface area contributed by atoms with Gasteiger partial charge in [0.25, 0.3) is 0 Å². The van der Waals surface area contributed by atoms with E-state index in [-0.39, 0.29) is 22.9 Å². The first-order chi connectivity index (χ1) is 11.0. The monoisotopic (exact) mass is 330 g/mol. The topological polar surface area (TPSA) is 99.6 Å². The Morgan fingerprint density at radius 2 is 2.09 bits per heavy atom.